The van der Waals surface area contributed by atoms with E-state index in [1.54, 1.807) is 6.26 Å². The number of nitrogens with one attached hydrogen (secondary N) is 1. The second-order valence-corrected chi connectivity index (χ2v) is 3.95. The lowest BCUT2D eigenvalue weighted by Gasteiger charge is -2.02. The van der Waals surface area contributed by atoms with Crippen LogP contribution in [0.3, 0.4) is 0 Å². The first-order chi connectivity index (χ1) is 6.02. The fourth-order valence-corrected chi connectivity index (χ4v) is 1.62. The SMILES string of the molecule is CS(=N)c1cc([N+](=O)[O-])ccc1N. The van der Waals surface area contributed by atoms with Crippen molar-refractivity contribution >= 4 is 22.1 Å². The maximum atomic E-state index is 10.4. The van der Waals surface area contributed by atoms with Crippen molar-refractivity contribution in [1.82, 2.24) is 0 Å². The van der Waals surface area contributed by atoms with Gasteiger partial charge in [-0.15, -0.1) is 0 Å². The highest BCUT2D eigenvalue weighted by molar-refractivity contribution is 7.85. The van der Waals surface area contributed by atoms with Crippen LogP contribution in [0, 0.1) is 14.9 Å². The number of anilines is 1. The van der Waals surface area contributed by atoms with E-state index in [1.807, 2.05) is 0 Å². The molecule has 1 unspecified atom stereocenters. The molecule has 1 aromatic rings. The van der Waals surface area contributed by atoms with Crippen molar-refractivity contribution in [3.8, 4) is 0 Å². The van der Waals surface area contributed by atoms with E-state index < -0.39 is 15.6 Å². The van der Waals surface area contributed by atoms with Gasteiger partial charge >= 0.3 is 0 Å². The normalized spacial score (nSPS) is 12.4. The molecule has 0 saturated carbocycles. The van der Waals surface area contributed by atoms with E-state index in [1.165, 1.54) is 18.2 Å². The van der Waals surface area contributed by atoms with E-state index in [2.05, 4.69) is 0 Å². The van der Waals surface area contributed by atoms with E-state index >= 15 is 0 Å². The molecule has 0 bridgehead atoms. The average Bonchev–Trinajstić information content (AvgIpc) is 2.04. The van der Waals surface area contributed by atoms with Gasteiger partial charge in [0.1, 0.15) is 0 Å². The third-order valence-electron chi connectivity index (χ3n) is 1.54. The van der Waals surface area contributed by atoms with Crippen molar-refractivity contribution in [2.75, 3.05) is 12.0 Å². The summed E-state index contributed by atoms with van der Waals surface area (Å²) < 4.78 is 7.42. The van der Waals surface area contributed by atoms with Crippen LogP contribution in [-0.4, -0.2) is 11.2 Å². The Bertz CT molecular complexity index is 378. The van der Waals surface area contributed by atoms with Crippen molar-refractivity contribution < 1.29 is 4.92 Å². The Balaban J connectivity index is 3.27. The molecular weight excluding hydrogens is 190 g/mol. The number of nitrogens with two attached hydrogens (primary N) is 1. The lowest BCUT2D eigenvalue weighted by Crippen LogP contribution is -1.97. The number of hydrogen-bond acceptors (Lipinski definition) is 4. The van der Waals surface area contributed by atoms with Gasteiger partial charge in [-0.25, -0.2) is 0 Å². The van der Waals surface area contributed by atoms with Gasteiger partial charge in [0, 0.05) is 22.7 Å². The molecule has 1 atom stereocenters. The standard InChI is InChI=1S/C7H9N3O2S/c1-13(9)7-4-5(10(11)12)2-3-6(7)8/h2-4,9H,8H2,1H3. The average molecular weight is 199 g/mol. The van der Waals surface area contributed by atoms with Gasteiger partial charge in [-0.05, 0) is 12.3 Å². The van der Waals surface area contributed by atoms with Crippen molar-refractivity contribution in [1.29, 1.82) is 4.78 Å². The predicted molar refractivity (Wildman–Crippen MR) is 51.8 cm³/mol. The molecule has 0 aliphatic heterocycles. The molecule has 0 radical (unpaired) electrons. The number of hydrogen-bond donors (Lipinski definition) is 2. The van der Waals surface area contributed by atoms with E-state index in [-0.39, 0.29) is 5.69 Å². The Labute approximate surface area is 77.6 Å². The summed E-state index contributed by atoms with van der Waals surface area (Å²) in [6.07, 6.45) is 1.65. The minimum absolute atomic E-state index is 0.0178. The van der Waals surface area contributed by atoms with Gasteiger partial charge in [-0.1, -0.05) is 10.7 Å². The van der Waals surface area contributed by atoms with Crippen LogP contribution in [-0.2, 0) is 10.7 Å². The second-order valence-electron chi connectivity index (χ2n) is 2.49. The molecule has 70 valence electrons. The first-order valence-electron chi connectivity index (χ1n) is 3.43. The predicted octanol–water partition coefficient (Wildman–Crippen LogP) is 1.55. The van der Waals surface area contributed by atoms with Gasteiger partial charge < -0.3 is 5.73 Å². The molecule has 0 amide bonds. The lowest BCUT2D eigenvalue weighted by atomic mass is 10.3. The highest BCUT2D eigenvalue weighted by atomic mass is 32.2. The molecule has 0 aliphatic rings. The summed E-state index contributed by atoms with van der Waals surface area (Å²) >= 11 is 0. The van der Waals surface area contributed by atoms with Crippen molar-refractivity contribution in [2.24, 2.45) is 0 Å². The second kappa shape index (κ2) is 3.53. The largest absolute Gasteiger partial charge is 0.398 e. The maximum absolute atomic E-state index is 10.4. The van der Waals surface area contributed by atoms with Gasteiger partial charge in [-0.2, -0.15) is 0 Å². The highest BCUT2D eigenvalue weighted by Gasteiger charge is 2.09. The third kappa shape index (κ3) is 2.03. The number of nitrogens with zero attached hydrogens (tertiary/aromatic N) is 1. The van der Waals surface area contributed by atoms with Crippen LogP contribution in [0.15, 0.2) is 23.1 Å². The molecule has 0 aromatic heterocycles. The van der Waals surface area contributed by atoms with Crippen molar-refractivity contribution in [3.05, 3.63) is 28.3 Å². The number of nitrogen functional groups attached to an aromatic ring is 1. The van der Waals surface area contributed by atoms with Crippen LogP contribution >= 0.6 is 0 Å². The summed E-state index contributed by atoms with van der Waals surface area (Å²) in [6.45, 7) is 0. The first-order valence-corrected chi connectivity index (χ1v) is 5.06. The molecule has 0 saturated heterocycles. The number of rotatable bonds is 2. The topological polar surface area (TPSA) is 93.0 Å². The molecule has 5 nitrogen and oxygen atoms in total. The van der Waals surface area contributed by atoms with Crippen LogP contribution in [0.2, 0.25) is 0 Å². The van der Waals surface area contributed by atoms with Gasteiger partial charge in [0.2, 0.25) is 0 Å². The monoisotopic (exact) mass is 199 g/mol. The van der Waals surface area contributed by atoms with Crippen LogP contribution in [0.5, 0.6) is 0 Å². The third-order valence-corrected chi connectivity index (χ3v) is 2.55. The van der Waals surface area contributed by atoms with Crippen LogP contribution < -0.4 is 5.73 Å². The number of benzene rings is 1. The summed E-state index contributed by atoms with van der Waals surface area (Å²) in [5.41, 5.74) is 5.97. The zero-order valence-electron chi connectivity index (χ0n) is 6.98. The lowest BCUT2D eigenvalue weighted by molar-refractivity contribution is -0.385. The smallest absolute Gasteiger partial charge is 0.270 e. The van der Waals surface area contributed by atoms with E-state index in [0.717, 1.165) is 0 Å². The van der Waals surface area contributed by atoms with E-state index in [9.17, 15) is 10.1 Å². The van der Waals surface area contributed by atoms with Gasteiger partial charge in [0.05, 0.1) is 4.92 Å². The zero-order chi connectivity index (χ0) is 10.0. The van der Waals surface area contributed by atoms with Gasteiger partial charge in [-0.3, -0.25) is 14.9 Å². The molecule has 0 aliphatic carbocycles. The number of nitro benzene ring substituents is 1. The number of non-ortho nitro benzene ring substituents is 1. The Morgan fingerprint density at radius 2 is 2.23 bits per heavy atom. The highest BCUT2D eigenvalue weighted by Crippen LogP contribution is 2.21. The fourth-order valence-electron chi connectivity index (χ4n) is 0.902. The van der Waals surface area contributed by atoms with Crippen molar-refractivity contribution in [3.63, 3.8) is 0 Å². The summed E-state index contributed by atoms with van der Waals surface area (Å²) in [5, 5.41) is 10.4. The van der Waals surface area contributed by atoms with Gasteiger partial charge in [0.15, 0.2) is 0 Å². The maximum Gasteiger partial charge on any atom is 0.270 e. The van der Waals surface area contributed by atoms with Crippen LogP contribution in [0.25, 0.3) is 0 Å². The molecule has 1 rings (SSSR count). The van der Waals surface area contributed by atoms with E-state index in [4.69, 9.17) is 10.5 Å². The molecule has 0 fully saturated rings. The molecule has 1 aromatic carbocycles. The summed E-state index contributed by atoms with van der Waals surface area (Å²) in [4.78, 5) is 10.4. The summed E-state index contributed by atoms with van der Waals surface area (Å²) in [6, 6.07) is 4.16. The number of nitro groups is 1. The summed E-state index contributed by atoms with van der Waals surface area (Å²) in [5.74, 6) is 0. The molecule has 13 heavy (non-hydrogen) atoms. The molecule has 0 spiro atoms. The molecule has 0 heterocycles. The fraction of sp³-hybridized carbons (Fsp3) is 0.143. The van der Waals surface area contributed by atoms with E-state index in [0.29, 0.717) is 10.6 Å². The Morgan fingerprint density at radius 1 is 1.62 bits per heavy atom. The summed E-state index contributed by atoms with van der Waals surface area (Å²) in [7, 11) is -0.797. The quantitative estimate of drug-likeness (QED) is 0.430. The van der Waals surface area contributed by atoms with Crippen molar-refractivity contribution in [2.45, 2.75) is 4.90 Å². The van der Waals surface area contributed by atoms with Crippen LogP contribution in [0.1, 0.15) is 0 Å². The first kappa shape index (κ1) is 9.66. The molecule has 3 N–H and O–H groups in total. The van der Waals surface area contributed by atoms with Crippen LogP contribution in [0.4, 0.5) is 11.4 Å². The Kier molecular flexibility index (Phi) is 2.62. The molecular formula is C7H9N3O2S. The Morgan fingerprint density at radius 3 is 2.69 bits per heavy atom. The zero-order valence-corrected chi connectivity index (χ0v) is 7.80. The minimum Gasteiger partial charge on any atom is -0.398 e. The minimum atomic E-state index is -0.797. The van der Waals surface area contributed by atoms with Gasteiger partial charge in [0.25, 0.3) is 5.69 Å². The molecule has 6 heteroatoms. The Hall–Kier alpha value is -1.43.